The number of nitrogens with zero attached hydrogens (tertiary/aromatic N) is 1. The summed E-state index contributed by atoms with van der Waals surface area (Å²) >= 11 is 0. The van der Waals surface area contributed by atoms with Crippen molar-refractivity contribution in [1.29, 1.82) is 0 Å². The molecule has 0 saturated heterocycles. The van der Waals surface area contributed by atoms with Crippen LogP contribution in [-0.4, -0.2) is 0 Å². The Bertz CT molecular complexity index is 141. The van der Waals surface area contributed by atoms with E-state index in [1.54, 1.807) is 0 Å². The number of hydrogen-bond donors (Lipinski definition) is 0. The topological polar surface area (TPSA) is 27.4 Å². The molecule has 0 aliphatic rings. The minimum Gasteiger partial charge on any atom is -0.498 e. The minimum absolute atomic E-state index is 0.695. The highest BCUT2D eigenvalue weighted by Gasteiger charge is 1.86. The highest BCUT2D eigenvalue weighted by molar-refractivity contribution is 4.86. The summed E-state index contributed by atoms with van der Waals surface area (Å²) in [4.78, 5) is 0. The third-order valence-corrected chi connectivity index (χ3v) is 1.21. The summed E-state index contributed by atoms with van der Waals surface area (Å²) in [6.45, 7) is 2.01. The first kappa shape index (κ1) is 9.03. The Balaban J connectivity index is 2.95. The third kappa shape index (κ3) is 7.03. The van der Waals surface area contributed by atoms with Crippen LogP contribution < -0.4 is 0 Å². The van der Waals surface area contributed by atoms with E-state index >= 15 is 0 Å². The number of allylic oxidation sites excluding steroid dienone is 2. The predicted molar refractivity (Wildman–Crippen MR) is 43.9 cm³/mol. The molecule has 2 nitrogen and oxygen atoms in total. The summed E-state index contributed by atoms with van der Waals surface area (Å²) in [5, 5.41) is 12.1. The Morgan fingerprint density at radius 2 is 2.30 bits per heavy atom. The van der Waals surface area contributed by atoms with Gasteiger partial charge in [-0.25, -0.2) is 0 Å². The summed E-state index contributed by atoms with van der Waals surface area (Å²) < 4.78 is 0. The first-order chi connectivity index (χ1) is 4.91. The Kier molecular flexibility index (Phi) is 7.25. The zero-order valence-corrected chi connectivity index (χ0v) is 6.34. The second kappa shape index (κ2) is 8.03. The van der Waals surface area contributed by atoms with Crippen molar-refractivity contribution in [3.63, 3.8) is 0 Å². The van der Waals surface area contributed by atoms with Crippen molar-refractivity contribution in [3.8, 4) is 6.07 Å². The maximum absolute atomic E-state index is 9.52. The van der Waals surface area contributed by atoms with Gasteiger partial charge < -0.3 is 5.21 Å². The average molecular weight is 139 g/mol. The van der Waals surface area contributed by atoms with Crippen molar-refractivity contribution in [2.24, 2.45) is 0 Å². The van der Waals surface area contributed by atoms with E-state index in [9.17, 15) is 5.21 Å². The van der Waals surface area contributed by atoms with E-state index in [2.05, 4.69) is 17.2 Å². The molecule has 0 fully saturated rings. The van der Waals surface area contributed by atoms with Crippen molar-refractivity contribution in [2.45, 2.75) is 32.6 Å². The molecule has 0 rings (SSSR count). The van der Waals surface area contributed by atoms with Crippen LogP contribution >= 0.6 is 0 Å². The van der Waals surface area contributed by atoms with Crippen LogP contribution in [0.5, 0.6) is 0 Å². The molecule has 2 heteroatoms. The molecule has 0 aromatic carbocycles. The lowest BCUT2D eigenvalue weighted by Gasteiger charge is -1.86. The average Bonchev–Trinajstić information content (AvgIpc) is 1.97. The molecule has 56 valence electrons. The monoisotopic (exact) mass is 139 g/mol. The van der Waals surface area contributed by atoms with Gasteiger partial charge in [-0.05, 0) is 26.2 Å². The van der Waals surface area contributed by atoms with Crippen molar-refractivity contribution in [2.75, 3.05) is 0 Å². The Morgan fingerprint density at radius 1 is 1.50 bits per heavy atom. The lowest BCUT2D eigenvalue weighted by Crippen LogP contribution is -1.71. The van der Waals surface area contributed by atoms with Gasteiger partial charge >= 0.3 is 0 Å². The fourth-order valence-corrected chi connectivity index (χ4v) is 0.679. The fraction of sp³-hybridized carbons (Fsp3) is 0.625. The van der Waals surface area contributed by atoms with Crippen molar-refractivity contribution in [1.82, 2.24) is 0 Å². The van der Waals surface area contributed by atoms with E-state index < -0.39 is 0 Å². The van der Waals surface area contributed by atoms with Crippen LogP contribution in [0, 0.1) is 11.3 Å². The second-order valence-corrected chi connectivity index (χ2v) is 2.06. The van der Waals surface area contributed by atoms with Crippen LogP contribution in [0.4, 0.5) is 0 Å². The summed E-state index contributed by atoms with van der Waals surface area (Å²) in [6.07, 6.45) is 8.07. The lowest BCUT2D eigenvalue weighted by atomic mass is 10.2. The Labute approximate surface area is 62.0 Å². The van der Waals surface area contributed by atoms with E-state index in [-0.39, 0.29) is 0 Å². The van der Waals surface area contributed by atoms with E-state index in [0.29, 0.717) is 6.42 Å². The van der Waals surface area contributed by atoms with Gasteiger partial charge in [0.25, 0.3) is 6.07 Å². The van der Waals surface area contributed by atoms with Gasteiger partial charge in [-0.2, -0.15) is 0 Å². The zero-order chi connectivity index (χ0) is 7.66. The maximum atomic E-state index is 9.52. The molecule has 10 heavy (non-hydrogen) atoms. The molecule has 0 aromatic rings. The normalized spacial score (nSPS) is 9.30. The molecular formula is C8H13NO. The molecule has 0 amide bonds. The van der Waals surface area contributed by atoms with E-state index in [1.807, 2.05) is 13.0 Å². The molecular weight excluding hydrogens is 126 g/mol. The minimum atomic E-state index is 0.695. The van der Waals surface area contributed by atoms with Gasteiger partial charge in [0, 0.05) is 5.01 Å². The quantitative estimate of drug-likeness (QED) is 0.334. The largest absolute Gasteiger partial charge is 0.498 e. The molecule has 0 unspecified atom stereocenters. The maximum Gasteiger partial charge on any atom is 0.298 e. The van der Waals surface area contributed by atoms with Crippen LogP contribution in [0.25, 0.3) is 5.01 Å². The highest BCUT2D eigenvalue weighted by atomic mass is 16.4. The molecule has 0 N–H and O–H groups in total. The van der Waals surface area contributed by atoms with Crippen LogP contribution in [0.15, 0.2) is 12.2 Å². The zero-order valence-electron chi connectivity index (χ0n) is 6.34. The van der Waals surface area contributed by atoms with E-state index in [4.69, 9.17) is 0 Å². The molecule has 0 atom stereocenters. The third-order valence-electron chi connectivity index (χ3n) is 1.21. The highest BCUT2D eigenvalue weighted by Crippen LogP contribution is 1.99. The number of unbranched alkanes of at least 4 members (excludes halogenated alkanes) is 3. The van der Waals surface area contributed by atoms with Crippen molar-refractivity contribution < 1.29 is 0 Å². The molecule has 0 heterocycles. The molecule has 0 aromatic heterocycles. The van der Waals surface area contributed by atoms with Gasteiger partial charge in [-0.1, -0.05) is 12.2 Å². The van der Waals surface area contributed by atoms with Crippen LogP contribution in [0.2, 0.25) is 0 Å². The van der Waals surface area contributed by atoms with Gasteiger partial charge in [-0.15, -0.1) is 0 Å². The Hall–Kier alpha value is -0.970. The molecule has 0 aliphatic heterocycles. The second-order valence-electron chi connectivity index (χ2n) is 2.06. The molecule has 0 bridgehead atoms. The van der Waals surface area contributed by atoms with Gasteiger partial charge in [0.2, 0.25) is 0 Å². The van der Waals surface area contributed by atoms with E-state index in [1.165, 1.54) is 0 Å². The van der Waals surface area contributed by atoms with Crippen molar-refractivity contribution >= 4 is 0 Å². The standard InChI is InChI=1S/C8H13NO/c1-2-3-4-5-6-7-8-9-10/h2-3H,4-7H2,1H3/b3-2+. The molecule has 0 aliphatic carbocycles. The van der Waals surface area contributed by atoms with Gasteiger partial charge in [-0.3, -0.25) is 0 Å². The number of hydrogen-bond acceptors (Lipinski definition) is 1. The smallest absolute Gasteiger partial charge is 0.298 e. The van der Waals surface area contributed by atoms with Crippen LogP contribution in [-0.2, 0) is 0 Å². The first-order valence-corrected chi connectivity index (χ1v) is 3.58. The summed E-state index contributed by atoms with van der Waals surface area (Å²) in [6, 6.07) is 2.37. The molecule has 0 saturated carbocycles. The lowest BCUT2D eigenvalue weighted by molar-refractivity contribution is 0.771. The van der Waals surface area contributed by atoms with Crippen LogP contribution in [0.1, 0.15) is 32.6 Å². The first-order valence-electron chi connectivity index (χ1n) is 3.58. The SMILES string of the molecule is C/C=C/CCCCC#[N+][O-]. The van der Waals surface area contributed by atoms with Crippen molar-refractivity contribution in [3.05, 3.63) is 22.4 Å². The van der Waals surface area contributed by atoms with Gasteiger partial charge in [0.1, 0.15) is 0 Å². The van der Waals surface area contributed by atoms with Gasteiger partial charge in [0.05, 0.1) is 6.42 Å². The summed E-state index contributed by atoms with van der Waals surface area (Å²) in [5.74, 6) is 0. The molecule has 0 spiro atoms. The van der Waals surface area contributed by atoms with E-state index in [0.717, 1.165) is 19.3 Å². The van der Waals surface area contributed by atoms with Crippen LogP contribution in [0.3, 0.4) is 0 Å². The Morgan fingerprint density at radius 3 is 2.90 bits per heavy atom. The predicted octanol–water partition coefficient (Wildman–Crippen LogP) is 2.95. The summed E-state index contributed by atoms with van der Waals surface area (Å²) in [5.41, 5.74) is 0. The summed E-state index contributed by atoms with van der Waals surface area (Å²) in [7, 11) is 0. The number of rotatable bonds is 4. The molecule has 0 radical (unpaired) electrons. The fourth-order valence-electron chi connectivity index (χ4n) is 0.679. The van der Waals surface area contributed by atoms with Gasteiger partial charge in [0.15, 0.2) is 0 Å².